The van der Waals surface area contributed by atoms with E-state index in [-0.39, 0.29) is 5.41 Å². The summed E-state index contributed by atoms with van der Waals surface area (Å²) in [4.78, 5) is 5.02. The number of pyridine rings is 1. The van der Waals surface area contributed by atoms with E-state index in [1.54, 1.807) is 0 Å². The maximum atomic E-state index is 5.02. The van der Waals surface area contributed by atoms with E-state index in [0.717, 1.165) is 11.0 Å². The fraction of sp³-hybridized carbons (Fsp3) is 0.409. The van der Waals surface area contributed by atoms with Crippen molar-refractivity contribution in [1.29, 1.82) is 0 Å². The van der Waals surface area contributed by atoms with Crippen LogP contribution in [0.2, 0.25) is 0 Å². The minimum atomic E-state index is 0.0770. The van der Waals surface area contributed by atoms with Gasteiger partial charge >= 0.3 is 0 Å². The largest absolute Gasteiger partial charge is 0.248 e. The van der Waals surface area contributed by atoms with Crippen molar-refractivity contribution >= 4 is 21.8 Å². The third kappa shape index (κ3) is 2.43. The maximum absolute atomic E-state index is 5.02. The van der Waals surface area contributed by atoms with Crippen LogP contribution in [0.25, 0.3) is 21.8 Å². The lowest BCUT2D eigenvalue weighted by atomic mass is 9.79. The van der Waals surface area contributed by atoms with Crippen molar-refractivity contribution in [3.63, 3.8) is 0 Å². The molecule has 0 amide bonds. The predicted octanol–water partition coefficient (Wildman–Crippen LogP) is 6.23. The predicted molar refractivity (Wildman–Crippen MR) is 102 cm³/mol. The van der Waals surface area contributed by atoms with Gasteiger partial charge in [0.05, 0.1) is 11.0 Å². The summed E-state index contributed by atoms with van der Waals surface area (Å²) in [6.45, 7) is 17.9. The smallest absolute Gasteiger partial charge is 0.0718 e. The van der Waals surface area contributed by atoms with Gasteiger partial charge in [-0.1, -0.05) is 20.8 Å². The molecule has 3 aromatic rings. The average molecular weight is 305 g/mol. The summed E-state index contributed by atoms with van der Waals surface area (Å²) in [5.41, 5.74) is 10.5. The zero-order valence-corrected chi connectivity index (χ0v) is 15.7. The molecule has 23 heavy (non-hydrogen) atoms. The number of fused-ring (bicyclic) bond motifs is 2. The van der Waals surface area contributed by atoms with Gasteiger partial charge in [0.2, 0.25) is 0 Å². The molecule has 3 rings (SSSR count). The van der Waals surface area contributed by atoms with Crippen LogP contribution in [-0.4, -0.2) is 4.98 Å². The van der Waals surface area contributed by atoms with Crippen LogP contribution in [0.5, 0.6) is 0 Å². The maximum Gasteiger partial charge on any atom is 0.0718 e. The zero-order chi connectivity index (χ0) is 17.1. The highest BCUT2D eigenvalue weighted by Gasteiger charge is 2.23. The van der Waals surface area contributed by atoms with Gasteiger partial charge in [-0.3, -0.25) is 0 Å². The van der Waals surface area contributed by atoms with Crippen molar-refractivity contribution in [3.05, 3.63) is 51.6 Å². The molecule has 2 aromatic carbocycles. The van der Waals surface area contributed by atoms with Crippen molar-refractivity contribution < 1.29 is 0 Å². The van der Waals surface area contributed by atoms with Crippen molar-refractivity contribution in [2.75, 3.05) is 0 Å². The summed E-state index contributed by atoms with van der Waals surface area (Å²) in [5.74, 6) is 0. The fourth-order valence-corrected chi connectivity index (χ4v) is 3.60. The first-order valence-corrected chi connectivity index (χ1v) is 8.43. The quantitative estimate of drug-likeness (QED) is 0.449. The molecule has 0 unspecified atom stereocenters. The molecule has 0 fully saturated rings. The molecule has 0 aliphatic carbocycles. The van der Waals surface area contributed by atoms with Gasteiger partial charge in [-0.15, -0.1) is 0 Å². The molecule has 0 aliphatic rings. The third-order valence-corrected chi connectivity index (χ3v) is 5.26. The topological polar surface area (TPSA) is 12.9 Å². The van der Waals surface area contributed by atoms with Gasteiger partial charge in [-0.25, -0.2) is 4.98 Å². The number of nitrogens with zero attached hydrogens (tertiary/aromatic N) is 1. The van der Waals surface area contributed by atoms with Gasteiger partial charge in [-0.2, -0.15) is 0 Å². The average Bonchev–Trinajstić information content (AvgIpc) is 2.43. The van der Waals surface area contributed by atoms with Gasteiger partial charge in [0.1, 0.15) is 0 Å². The molecule has 0 N–H and O–H groups in total. The van der Waals surface area contributed by atoms with Gasteiger partial charge < -0.3 is 0 Å². The highest BCUT2D eigenvalue weighted by molar-refractivity contribution is 6.01. The Bertz CT molecular complexity index is 940. The molecule has 1 heterocycles. The first-order chi connectivity index (χ1) is 10.6. The SMILES string of the molecule is Cc1cc2nc3cc(C)c(C)c(C)c3c(C(C)(C)C)c2cc1C. The lowest BCUT2D eigenvalue weighted by Gasteiger charge is -2.26. The van der Waals surface area contributed by atoms with Crippen LogP contribution >= 0.6 is 0 Å². The number of aromatic nitrogens is 1. The highest BCUT2D eigenvalue weighted by atomic mass is 14.7. The molecule has 0 aliphatic heterocycles. The molecular weight excluding hydrogens is 278 g/mol. The van der Waals surface area contributed by atoms with E-state index in [0.29, 0.717) is 0 Å². The molecule has 0 saturated heterocycles. The molecule has 0 saturated carbocycles. The van der Waals surface area contributed by atoms with E-state index in [4.69, 9.17) is 4.98 Å². The van der Waals surface area contributed by atoms with Crippen LogP contribution in [0.4, 0.5) is 0 Å². The standard InChI is InChI=1S/C22H27N/c1-12-9-17-18(10-13(12)2)23-19-11-14(3)15(4)16(5)20(19)21(17)22(6,7)8/h9-11H,1-8H3. The Kier molecular flexibility index (Phi) is 3.51. The van der Waals surface area contributed by atoms with Gasteiger partial charge in [0, 0.05) is 10.8 Å². The minimum Gasteiger partial charge on any atom is -0.248 e. The fourth-order valence-electron chi connectivity index (χ4n) is 3.60. The molecule has 0 bridgehead atoms. The van der Waals surface area contributed by atoms with Crippen LogP contribution in [0.3, 0.4) is 0 Å². The summed E-state index contributed by atoms with van der Waals surface area (Å²) < 4.78 is 0. The third-order valence-electron chi connectivity index (χ3n) is 5.26. The monoisotopic (exact) mass is 305 g/mol. The van der Waals surface area contributed by atoms with Crippen LogP contribution in [0.1, 0.15) is 54.2 Å². The minimum absolute atomic E-state index is 0.0770. The number of rotatable bonds is 0. The molecule has 1 aromatic heterocycles. The summed E-state index contributed by atoms with van der Waals surface area (Å²) in [5, 5.41) is 2.65. The van der Waals surface area contributed by atoms with E-state index in [9.17, 15) is 0 Å². The second-order valence-corrected chi connectivity index (χ2v) is 8.03. The normalized spacial score (nSPS) is 12.3. The van der Waals surface area contributed by atoms with E-state index in [1.165, 1.54) is 44.2 Å². The van der Waals surface area contributed by atoms with Gasteiger partial charge in [0.25, 0.3) is 0 Å². The van der Waals surface area contributed by atoms with Gasteiger partial charge in [0.15, 0.2) is 0 Å². The Hall–Kier alpha value is -1.89. The summed E-state index contributed by atoms with van der Waals surface area (Å²) in [6.07, 6.45) is 0. The summed E-state index contributed by atoms with van der Waals surface area (Å²) in [6, 6.07) is 6.82. The number of aryl methyl sites for hydroxylation is 4. The van der Waals surface area contributed by atoms with E-state index in [2.05, 4.69) is 73.6 Å². The first kappa shape index (κ1) is 16.0. The zero-order valence-electron chi connectivity index (χ0n) is 15.7. The first-order valence-electron chi connectivity index (χ1n) is 8.43. The Balaban J connectivity index is 2.66. The Morgan fingerprint density at radius 3 is 1.87 bits per heavy atom. The molecule has 120 valence electrons. The Morgan fingerprint density at radius 2 is 1.26 bits per heavy atom. The van der Waals surface area contributed by atoms with Crippen LogP contribution in [-0.2, 0) is 5.41 Å². The summed E-state index contributed by atoms with van der Waals surface area (Å²) >= 11 is 0. The second-order valence-electron chi connectivity index (χ2n) is 8.03. The molecule has 0 atom stereocenters. The Labute approximate surface area is 139 Å². The van der Waals surface area contributed by atoms with E-state index >= 15 is 0 Å². The van der Waals surface area contributed by atoms with E-state index in [1.807, 2.05) is 0 Å². The van der Waals surface area contributed by atoms with Crippen LogP contribution < -0.4 is 0 Å². The van der Waals surface area contributed by atoms with Crippen molar-refractivity contribution in [2.45, 2.75) is 60.8 Å². The highest BCUT2D eigenvalue weighted by Crippen LogP contribution is 2.39. The van der Waals surface area contributed by atoms with Crippen LogP contribution in [0, 0.1) is 34.6 Å². The number of benzene rings is 2. The lowest BCUT2D eigenvalue weighted by Crippen LogP contribution is -2.14. The molecular formula is C22H27N. The molecule has 0 radical (unpaired) electrons. The summed E-state index contributed by atoms with van der Waals surface area (Å²) in [7, 11) is 0. The molecule has 1 heteroatoms. The van der Waals surface area contributed by atoms with Gasteiger partial charge in [-0.05, 0) is 91.6 Å². The Morgan fingerprint density at radius 1 is 0.696 bits per heavy atom. The van der Waals surface area contributed by atoms with Crippen molar-refractivity contribution in [3.8, 4) is 0 Å². The lowest BCUT2D eigenvalue weighted by molar-refractivity contribution is 0.600. The van der Waals surface area contributed by atoms with Crippen molar-refractivity contribution in [1.82, 2.24) is 4.98 Å². The molecule has 1 nitrogen and oxygen atoms in total. The number of hydrogen-bond donors (Lipinski definition) is 0. The number of hydrogen-bond acceptors (Lipinski definition) is 1. The van der Waals surface area contributed by atoms with E-state index < -0.39 is 0 Å². The second kappa shape index (κ2) is 5.06. The molecule has 0 spiro atoms. The van der Waals surface area contributed by atoms with Crippen molar-refractivity contribution in [2.24, 2.45) is 0 Å². The van der Waals surface area contributed by atoms with Crippen LogP contribution in [0.15, 0.2) is 18.2 Å².